The third-order valence-corrected chi connectivity index (χ3v) is 7.06. The van der Waals surface area contributed by atoms with Crippen molar-refractivity contribution < 1.29 is 73.1 Å². The van der Waals surface area contributed by atoms with Gasteiger partial charge in [-0.1, -0.05) is 44.2 Å². The van der Waals surface area contributed by atoms with Crippen LogP contribution in [0, 0.1) is 11.3 Å². The maximum absolute atomic E-state index is 10.9. The van der Waals surface area contributed by atoms with Gasteiger partial charge in [0.1, 0.15) is 37.4 Å². The highest BCUT2D eigenvalue weighted by molar-refractivity contribution is 6.02. The summed E-state index contributed by atoms with van der Waals surface area (Å²) in [6.45, 7) is 6.95. The highest BCUT2D eigenvalue weighted by Gasteiger charge is 2.24. The number of carboxylic acid groups (broad SMARTS) is 4. The standard InChI is InChI=1S/C17H34N2O6.C9H11NO2.C6H13NO2.C4H7N3O.C2H6O2/c1-13(25-15(9-17(22)23)11-19(5,6)7)12-24-14(8-16(20)21)10-18(2,3)4;10-8(9(11)12)6-7-4-2-1-3-5-7;1-4(2)3-5(7)6(8)9;1-7-2-3(8)6-4(7)5;3-1-2-4/h13-15H,8-12H2,1-7H3;1-5,8H,6,10H2,(H,11,12);4-5H,3,7H2,1-2H3,(H,8,9);2H2,1H3,(H2,5,6,8);3-4H,1-2H2/t;8-;5-;;/m.00../s1. The van der Waals surface area contributed by atoms with Crippen LogP contribution >= 0.6 is 0 Å². The number of nitrogens with two attached hydrogens (primary N) is 2. The summed E-state index contributed by atoms with van der Waals surface area (Å²) in [7, 11) is 13.4. The normalized spacial score (nSPS) is 14.9. The number of aliphatic carboxylic acids is 4. The van der Waals surface area contributed by atoms with E-state index in [1.54, 1.807) is 18.9 Å². The Morgan fingerprint density at radius 3 is 1.60 bits per heavy atom. The molecule has 58 heavy (non-hydrogen) atoms. The first-order chi connectivity index (χ1) is 26.5. The lowest BCUT2D eigenvalue weighted by molar-refractivity contribution is -0.874. The number of quaternary nitrogens is 2. The monoisotopic (exact) mass is 834 g/mol. The van der Waals surface area contributed by atoms with Gasteiger partial charge in [0, 0.05) is 31.8 Å². The summed E-state index contributed by atoms with van der Waals surface area (Å²) in [4.78, 5) is 54.2. The molecule has 2 rings (SSSR count). The Balaban J connectivity index is -0.000000752. The van der Waals surface area contributed by atoms with Gasteiger partial charge in [0.2, 0.25) is 5.91 Å². The number of ether oxygens (including phenoxy) is 2. The molecule has 0 aromatic heterocycles. The molecule has 1 aromatic rings. The van der Waals surface area contributed by atoms with E-state index in [-0.39, 0.29) is 50.6 Å². The molecule has 1 aliphatic rings. The van der Waals surface area contributed by atoms with Crippen LogP contribution in [0.2, 0.25) is 0 Å². The Kier molecular flexibility index (Phi) is 30.8. The minimum absolute atomic E-state index is 0.0995. The van der Waals surface area contributed by atoms with Gasteiger partial charge in [0.15, 0.2) is 5.96 Å². The van der Waals surface area contributed by atoms with Gasteiger partial charge in [0.25, 0.3) is 0 Å². The number of likely N-dealkylation sites (N-methyl/N-ethyl adjacent to an activating group) is 3. The minimum atomic E-state index is -1.16. The van der Waals surface area contributed by atoms with Crippen molar-refractivity contribution in [2.75, 3.05) is 88.8 Å². The van der Waals surface area contributed by atoms with Crippen molar-refractivity contribution in [1.29, 1.82) is 5.41 Å². The van der Waals surface area contributed by atoms with Crippen LogP contribution in [-0.4, -0.2) is 189 Å². The molecule has 20 heteroatoms. The number of carboxylic acids is 4. The molecular weight excluding hydrogens is 762 g/mol. The summed E-state index contributed by atoms with van der Waals surface area (Å²) < 4.78 is 12.6. The number of aliphatic hydroxyl groups excluding tert-OH is 2. The summed E-state index contributed by atoms with van der Waals surface area (Å²) in [5.41, 5.74) is 11.5. The molecule has 1 aliphatic heterocycles. The van der Waals surface area contributed by atoms with E-state index in [4.69, 9.17) is 46.8 Å². The van der Waals surface area contributed by atoms with E-state index in [1.807, 2.05) is 86.5 Å². The van der Waals surface area contributed by atoms with Crippen LogP contribution in [0.15, 0.2) is 30.3 Å². The summed E-state index contributed by atoms with van der Waals surface area (Å²) in [6, 6.07) is 7.85. The van der Waals surface area contributed by atoms with Crippen LogP contribution in [0.1, 0.15) is 45.6 Å². The fourth-order valence-corrected chi connectivity index (χ4v) is 4.69. The predicted molar refractivity (Wildman–Crippen MR) is 213 cm³/mol. The maximum Gasteiger partial charge on any atom is 0.320 e. The van der Waals surface area contributed by atoms with Crippen molar-refractivity contribution in [3.8, 4) is 0 Å². The number of carbonyl (C=O) groups is 5. The fourth-order valence-electron chi connectivity index (χ4n) is 4.69. The van der Waals surface area contributed by atoms with E-state index >= 15 is 0 Å². The summed E-state index contributed by atoms with van der Waals surface area (Å²) in [5.74, 6) is -3.75. The molecule has 0 saturated carbocycles. The molecular formula is C38H71N7O13. The molecule has 20 nitrogen and oxygen atoms in total. The number of hydrogen-bond donors (Lipinski definition) is 8. The van der Waals surface area contributed by atoms with Crippen molar-refractivity contribution in [3.63, 3.8) is 0 Å². The third kappa shape index (κ3) is 37.3. The van der Waals surface area contributed by atoms with Gasteiger partial charge in [-0.3, -0.25) is 25.1 Å². The van der Waals surface area contributed by atoms with Gasteiger partial charge in [-0.15, -0.1) is 0 Å². The second-order valence-electron chi connectivity index (χ2n) is 16.0. The fraction of sp³-hybridized carbons (Fsp3) is 0.684. The highest BCUT2D eigenvalue weighted by Crippen LogP contribution is 2.11. The van der Waals surface area contributed by atoms with E-state index in [1.165, 1.54) is 0 Å². The largest absolute Gasteiger partial charge is 0.550 e. The van der Waals surface area contributed by atoms with Gasteiger partial charge in [-0.2, -0.15) is 0 Å². The van der Waals surface area contributed by atoms with E-state index < -0.39 is 48.2 Å². The van der Waals surface area contributed by atoms with Crippen LogP contribution < -0.4 is 27.0 Å². The Morgan fingerprint density at radius 2 is 1.29 bits per heavy atom. The quantitative estimate of drug-likeness (QED) is 0.0603. The summed E-state index contributed by atoms with van der Waals surface area (Å²) in [6.07, 6.45) is -0.806. The zero-order chi connectivity index (χ0) is 45.8. The Hall–Kier alpha value is -4.28. The van der Waals surface area contributed by atoms with Gasteiger partial charge >= 0.3 is 11.9 Å². The average Bonchev–Trinajstić information content (AvgIpc) is 3.36. The van der Waals surface area contributed by atoms with Crippen molar-refractivity contribution >= 4 is 35.7 Å². The Bertz CT molecular complexity index is 1340. The molecule has 3 unspecified atom stereocenters. The highest BCUT2D eigenvalue weighted by atomic mass is 16.5. The number of benzene rings is 1. The zero-order valence-electron chi connectivity index (χ0n) is 35.9. The van der Waals surface area contributed by atoms with Gasteiger partial charge in [-0.05, 0) is 31.2 Å². The smallest absolute Gasteiger partial charge is 0.320 e. The van der Waals surface area contributed by atoms with Crippen molar-refractivity contribution in [2.45, 2.75) is 76.9 Å². The third-order valence-electron chi connectivity index (χ3n) is 7.06. The SMILES string of the molecule is CC(C)C[C@H](N)C(=O)O.CC(COC(CC(=O)[O-])C[N+](C)(C)C)OC(CC(=O)[O-])C[N+](C)(C)C.CN1CC(=O)NC1=N.N[C@@H](Cc1ccccc1)C(=O)O.OCCO. The molecule has 10 N–H and O–H groups in total. The molecule has 1 aromatic carbocycles. The lowest BCUT2D eigenvalue weighted by atomic mass is 10.1. The molecule has 1 amide bonds. The number of nitrogens with zero attached hydrogens (tertiary/aromatic N) is 3. The maximum atomic E-state index is 10.9. The first-order valence-corrected chi connectivity index (χ1v) is 18.6. The average molecular weight is 834 g/mol. The molecule has 0 bridgehead atoms. The van der Waals surface area contributed by atoms with Crippen LogP contribution in [-0.2, 0) is 39.9 Å². The van der Waals surface area contributed by atoms with Crippen molar-refractivity contribution in [2.24, 2.45) is 17.4 Å². The molecule has 0 spiro atoms. The number of carbonyl (C=O) groups excluding carboxylic acids is 3. The zero-order valence-corrected chi connectivity index (χ0v) is 35.9. The van der Waals surface area contributed by atoms with E-state index in [0.29, 0.717) is 47.4 Å². The first-order valence-electron chi connectivity index (χ1n) is 18.6. The van der Waals surface area contributed by atoms with E-state index in [0.717, 1.165) is 5.56 Å². The lowest BCUT2D eigenvalue weighted by Crippen LogP contribution is -2.47. The van der Waals surface area contributed by atoms with Crippen LogP contribution in [0.3, 0.4) is 0 Å². The molecule has 1 saturated heterocycles. The van der Waals surface area contributed by atoms with Crippen molar-refractivity contribution in [1.82, 2.24) is 10.2 Å². The summed E-state index contributed by atoms with van der Waals surface area (Å²) >= 11 is 0. The molecule has 336 valence electrons. The van der Waals surface area contributed by atoms with Gasteiger partial charge in [0.05, 0.1) is 74.8 Å². The molecule has 1 fully saturated rings. The molecule has 1 heterocycles. The van der Waals surface area contributed by atoms with Crippen LogP contribution in [0.4, 0.5) is 0 Å². The molecule has 0 aliphatic carbocycles. The first kappa shape index (κ1) is 58.0. The summed E-state index contributed by atoms with van der Waals surface area (Å²) in [5, 5.41) is 63.2. The molecule has 0 radical (unpaired) electrons. The van der Waals surface area contributed by atoms with Crippen molar-refractivity contribution in [3.05, 3.63) is 35.9 Å². The Labute approximate surface area is 343 Å². The van der Waals surface area contributed by atoms with Gasteiger partial charge in [-0.25, -0.2) is 0 Å². The number of guanidine groups is 1. The van der Waals surface area contributed by atoms with E-state index in [2.05, 4.69) is 5.32 Å². The van der Waals surface area contributed by atoms with E-state index in [9.17, 15) is 34.2 Å². The number of amides is 1. The lowest BCUT2D eigenvalue weighted by Gasteiger charge is -2.32. The number of nitrogens with one attached hydrogen (secondary N) is 2. The van der Waals surface area contributed by atoms with Crippen LogP contribution in [0.5, 0.6) is 0 Å². The number of rotatable bonds is 20. The topological polar surface area (TPSA) is 322 Å². The predicted octanol–water partition coefficient (Wildman–Crippen LogP) is -3.12. The Morgan fingerprint density at radius 1 is 0.845 bits per heavy atom. The second-order valence-corrected chi connectivity index (χ2v) is 16.0. The van der Waals surface area contributed by atoms with Crippen LogP contribution in [0.25, 0.3) is 0 Å². The molecule has 5 atom stereocenters. The van der Waals surface area contributed by atoms with Gasteiger partial charge < -0.3 is 75.0 Å². The number of hydrogen-bond acceptors (Lipinski definition) is 14. The number of aliphatic hydroxyl groups is 2. The second kappa shape index (κ2) is 30.8. The minimum Gasteiger partial charge on any atom is -0.550 e.